The molecule has 0 aliphatic rings. The first-order valence-electron chi connectivity index (χ1n) is 8.13. The maximum atomic E-state index is 12.4. The number of nitrogens with one attached hydrogen (secondary N) is 1. The summed E-state index contributed by atoms with van der Waals surface area (Å²) in [7, 11) is 0. The minimum atomic E-state index is -0.966. The zero-order valence-electron chi connectivity index (χ0n) is 14.1. The Morgan fingerprint density at radius 2 is 1.65 bits per heavy atom. The average molecular weight is 347 g/mol. The molecule has 0 radical (unpaired) electrons. The van der Waals surface area contributed by atoms with Gasteiger partial charge in [-0.2, -0.15) is 0 Å². The van der Waals surface area contributed by atoms with Crippen LogP contribution in [0.1, 0.15) is 27.6 Å². The zero-order valence-corrected chi connectivity index (χ0v) is 14.1. The van der Waals surface area contributed by atoms with Crippen LogP contribution < -0.4 is 5.32 Å². The quantitative estimate of drug-likeness (QED) is 0.562. The van der Waals surface area contributed by atoms with Crippen molar-refractivity contribution in [3.8, 4) is 0 Å². The molecule has 0 heterocycles. The second-order valence-corrected chi connectivity index (χ2v) is 5.80. The van der Waals surface area contributed by atoms with E-state index in [9.17, 15) is 14.4 Å². The van der Waals surface area contributed by atoms with E-state index < -0.39 is 18.0 Å². The lowest BCUT2D eigenvalue weighted by molar-refractivity contribution is -0.123. The molecule has 0 fully saturated rings. The zero-order chi connectivity index (χ0) is 18.5. The van der Waals surface area contributed by atoms with Crippen LogP contribution in [0.5, 0.6) is 0 Å². The van der Waals surface area contributed by atoms with Crippen LogP contribution in [0.2, 0.25) is 0 Å². The molecule has 0 bridgehead atoms. The summed E-state index contributed by atoms with van der Waals surface area (Å²) in [6, 6.07) is 19.3. The number of ether oxygens (including phenoxy) is 1. The van der Waals surface area contributed by atoms with Gasteiger partial charge in [0.15, 0.2) is 6.10 Å². The molecule has 5 nitrogen and oxygen atoms in total. The summed E-state index contributed by atoms with van der Waals surface area (Å²) in [5.74, 6) is -1.04. The molecule has 0 aromatic heterocycles. The van der Waals surface area contributed by atoms with E-state index in [1.54, 1.807) is 6.07 Å². The van der Waals surface area contributed by atoms with Crippen LogP contribution >= 0.6 is 0 Å². The fourth-order valence-corrected chi connectivity index (χ4v) is 2.55. The van der Waals surface area contributed by atoms with Gasteiger partial charge in [0, 0.05) is 16.6 Å². The van der Waals surface area contributed by atoms with Gasteiger partial charge in [0.1, 0.15) is 6.29 Å². The van der Waals surface area contributed by atoms with Gasteiger partial charge in [0.25, 0.3) is 5.91 Å². The Hall–Kier alpha value is -3.47. The lowest BCUT2D eigenvalue weighted by atomic mass is 10.1. The van der Waals surface area contributed by atoms with Crippen molar-refractivity contribution in [1.82, 2.24) is 0 Å². The molecule has 3 aromatic carbocycles. The molecule has 1 amide bonds. The molecule has 3 rings (SSSR count). The summed E-state index contributed by atoms with van der Waals surface area (Å²) in [6.45, 7) is 1.51. The first-order valence-corrected chi connectivity index (χ1v) is 8.13. The summed E-state index contributed by atoms with van der Waals surface area (Å²) in [5, 5.41) is 4.71. The van der Waals surface area contributed by atoms with E-state index in [1.165, 1.54) is 31.2 Å². The summed E-state index contributed by atoms with van der Waals surface area (Å²) < 4.78 is 5.22. The van der Waals surface area contributed by atoms with E-state index in [-0.39, 0.29) is 5.56 Å². The van der Waals surface area contributed by atoms with Crippen molar-refractivity contribution in [2.45, 2.75) is 13.0 Å². The molecule has 0 aliphatic carbocycles. The molecule has 0 spiro atoms. The number of esters is 1. The topological polar surface area (TPSA) is 72.5 Å². The molecular weight excluding hydrogens is 330 g/mol. The van der Waals surface area contributed by atoms with Gasteiger partial charge in [-0.15, -0.1) is 0 Å². The lowest BCUT2D eigenvalue weighted by Crippen LogP contribution is -2.30. The molecule has 1 N–H and O–H groups in total. The van der Waals surface area contributed by atoms with Crippen molar-refractivity contribution >= 4 is 34.6 Å². The Labute approximate surface area is 150 Å². The standard InChI is InChI=1S/C21H17NO4/c1-14(26-21(25)17-11-9-15(13-23)10-12-17)20(24)22-19-8-4-6-16-5-2-3-7-18(16)19/h2-14H,1H3,(H,22,24)/t14-/m1/s1. The average Bonchev–Trinajstić information content (AvgIpc) is 2.68. The molecule has 0 unspecified atom stereocenters. The van der Waals surface area contributed by atoms with Gasteiger partial charge in [-0.1, -0.05) is 48.5 Å². The maximum Gasteiger partial charge on any atom is 0.338 e. The van der Waals surface area contributed by atoms with Crippen molar-refractivity contribution < 1.29 is 19.1 Å². The van der Waals surface area contributed by atoms with Crippen LogP contribution in [0.4, 0.5) is 5.69 Å². The van der Waals surface area contributed by atoms with Gasteiger partial charge in [0.05, 0.1) is 5.56 Å². The highest BCUT2D eigenvalue weighted by Crippen LogP contribution is 2.23. The Balaban J connectivity index is 1.69. The van der Waals surface area contributed by atoms with Crippen molar-refractivity contribution in [2.75, 3.05) is 5.32 Å². The highest BCUT2D eigenvalue weighted by atomic mass is 16.5. The predicted octanol–water partition coefficient (Wildman–Crippen LogP) is 3.84. The van der Waals surface area contributed by atoms with E-state index in [0.29, 0.717) is 17.5 Å². The number of rotatable bonds is 5. The molecule has 1 atom stereocenters. The maximum absolute atomic E-state index is 12.4. The van der Waals surface area contributed by atoms with E-state index in [2.05, 4.69) is 5.32 Å². The fraction of sp³-hybridized carbons (Fsp3) is 0.0952. The lowest BCUT2D eigenvalue weighted by Gasteiger charge is -2.15. The Kier molecular flexibility index (Phi) is 5.08. The largest absolute Gasteiger partial charge is 0.449 e. The first-order chi connectivity index (χ1) is 12.6. The molecular formula is C21H17NO4. The van der Waals surface area contributed by atoms with E-state index in [1.807, 2.05) is 36.4 Å². The van der Waals surface area contributed by atoms with Gasteiger partial charge in [-0.25, -0.2) is 4.79 Å². The Morgan fingerprint density at radius 3 is 2.38 bits per heavy atom. The fourth-order valence-electron chi connectivity index (χ4n) is 2.55. The number of carbonyl (C=O) groups is 3. The molecule has 26 heavy (non-hydrogen) atoms. The van der Waals surface area contributed by atoms with Gasteiger partial charge in [-0.05, 0) is 30.5 Å². The number of hydrogen-bond acceptors (Lipinski definition) is 4. The van der Waals surface area contributed by atoms with E-state index in [0.717, 1.165) is 10.8 Å². The molecule has 130 valence electrons. The van der Waals surface area contributed by atoms with Crippen LogP contribution in [-0.4, -0.2) is 24.3 Å². The Bertz CT molecular complexity index is 958. The van der Waals surface area contributed by atoms with Crippen molar-refractivity contribution in [3.63, 3.8) is 0 Å². The van der Waals surface area contributed by atoms with E-state index >= 15 is 0 Å². The first kappa shape index (κ1) is 17.4. The summed E-state index contributed by atoms with van der Waals surface area (Å²) in [6.07, 6.45) is -0.276. The van der Waals surface area contributed by atoms with Gasteiger partial charge in [-0.3, -0.25) is 9.59 Å². The number of benzene rings is 3. The van der Waals surface area contributed by atoms with Crippen LogP contribution in [0.25, 0.3) is 10.8 Å². The monoisotopic (exact) mass is 347 g/mol. The van der Waals surface area contributed by atoms with Crippen LogP contribution in [0.15, 0.2) is 66.7 Å². The number of anilines is 1. The highest BCUT2D eigenvalue weighted by Gasteiger charge is 2.19. The molecule has 0 aliphatic heterocycles. The predicted molar refractivity (Wildman–Crippen MR) is 99.3 cm³/mol. The second kappa shape index (κ2) is 7.61. The highest BCUT2D eigenvalue weighted by molar-refractivity contribution is 6.04. The summed E-state index contributed by atoms with van der Waals surface area (Å²) in [5.41, 5.74) is 1.40. The molecule has 5 heteroatoms. The summed E-state index contributed by atoms with van der Waals surface area (Å²) in [4.78, 5) is 35.2. The van der Waals surface area contributed by atoms with Crippen molar-refractivity contribution in [1.29, 1.82) is 0 Å². The smallest absolute Gasteiger partial charge is 0.338 e. The minimum absolute atomic E-state index is 0.278. The molecule has 0 saturated heterocycles. The van der Waals surface area contributed by atoms with Gasteiger partial charge >= 0.3 is 5.97 Å². The number of aldehydes is 1. The normalized spacial score (nSPS) is 11.6. The van der Waals surface area contributed by atoms with Crippen LogP contribution in [0.3, 0.4) is 0 Å². The second-order valence-electron chi connectivity index (χ2n) is 5.80. The number of amides is 1. The number of carbonyl (C=O) groups excluding carboxylic acids is 3. The van der Waals surface area contributed by atoms with Crippen molar-refractivity contribution in [2.24, 2.45) is 0 Å². The van der Waals surface area contributed by atoms with Gasteiger partial charge < -0.3 is 10.1 Å². The van der Waals surface area contributed by atoms with Crippen LogP contribution in [-0.2, 0) is 9.53 Å². The van der Waals surface area contributed by atoms with Crippen LogP contribution in [0, 0.1) is 0 Å². The summed E-state index contributed by atoms with van der Waals surface area (Å²) >= 11 is 0. The molecule has 3 aromatic rings. The SMILES string of the molecule is C[C@@H](OC(=O)c1ccc(C=O)cc1)C(=O)Nc1cccc2ccccc12. The third-order valence-electron chi connectivity index (χ3n) is 3.98. The number of fused-ring (bicyclic) bond motifs is 1. The third kappa shape index (κ3) is 3.78. The minimum Gasteiger partial charge on any atom is -0.449 e. The molecule has 0 saturated carbocycles. The van der Waals surface area contributed by atoms with E-state index in [4.69, 9.17) is 4.74 Å². The number of hydrogen-bond donors (Lipinski definition) is 1. The van der Waals surface area contributed by atoms with Crippen molar-refractivity contribution in [3.05, 3.63) is 77.9 Å². The van der Waals surface area contributed by atoms with Gasteiger partial charge in [0.2, 0.25) is 0 Å². The Morgan fingerprint density at radius 1 is 0.962 bits per heavy atom. The third-order valence-corrected chi connectivity index (χ3v) is 3.98.